The van der Waals surface area contributed by atoms with Gasteiger partial charge in [-0.15, -0.1) is 11.8 Å². The largest absolute Gasteiger partial charge is 0.493 e. The van der Waals surface area contributed by atoms with Gasteiger partial charge in [-0.3, -0.25) is 14.6 Å². The average molecular weight is 400 g/mol. The fourth-order valence-electron chi connectivity index (χ4n) is 2.58. The van der Waals surface area contributed by atoms with Crippen molar-refractivity contribution in [1.29, 1.82) is 0 Å². The minimum atomic E-state index is -0.260. The number of hydrogen-bond donors (Lipinski definition) is 2. The van der Waals surface area contributed by atoms with E-state index in [0.717, 1.165) is 5.56 Å². The first-order valence-corrected chi connectivity index (χ1v) is 9.64. The number of H-pyrrole nitrogens is 1. The van der Waals surface area contributed by atoms with E-state index in [9.17, 15) is 9.59 Å². The van der Waals surface area contributed by atoms with Crippen LogP contribution >= 0.6 is 11.8 Å². The smallest absolute Gasteiger partial charge is 0.258 e. The maximum Gasteiger partial charge on any atom is 0.258 e. The number of carbonyl (C=O) groups excluding carboxylic acids is 1. The molecule has 3 aromatic rings. The second-order valence-electron chi connectivity index (χ2n) is 5.86. The van der Waals surface area contributed by atoms with Gasteiger partial charge in [0.1, 0.15) is 5.82 Å². The number of nitrogens with one attached hydrogen (secondary N) is 2. The number of ether oxygens (including phenoxy) is 2. The molecule has 1 amide bonds. The number of thioether (sulfide) groups is 1. The molecule has 0 spiro atoms. The number of aromatic nitrogens is 3. The molecule has 0 radical (unpaired) electrons. The number of benzene rings is 1. The lowest BCUT2D eigenvalue weighted by Crippen LogP contribution is -2.24. The van der Waals surface area contributed by atoms with E-state index in [1.165, 1.54) is 26.0 Å². The summed E-state index contributed by atoms with van der Waals surface area (Å²) in [5.74, 6) is 2.05. The summed E-state index contributed by atoms with van der Waals surface area (Å²) >= 11 is 1.37. The summed E-state index contributed by atoms with van der Waals surface area (Å²) < 4.78 is 10.5. The van der Waals surface area contributed by atoms with Gasteiger partial charge in [-0.25, -0.2) is 4.98 Å². The van der Waals surface area contributed by atoms with Crippen LogP contribution in [0.2, 0.25) is 0 Å². The normalized spacial score (nSPS) is 10.6. The molecule has 2 N–H and O–H groups in total. The Morgan fingerprint density at radius 2 is 1.89 bits per heavy atom. The van der Waals surface area contributed by atoms with Gasteiger partial charge in [0.05, 0.1) is 36.6 Å². The summed E-state index contributed by atoms with van der Waals surface area (Å²) in [4.78, 5) is 35.5. The van der Waals surface area contributed by atoms with Crippen LogP contribution in [0.15, 0.2) is 41.5 Å². The van der Waals surface area contributed by atoms with Crippen LogP contribution in [0.5, 0.6) is 11.5 Å². The van der Waals surface area contributed by atoms with Crippen molar-refractivity contribution in [2.24, 2.45) is 0 Å². The van der Waals surface area contributed by atoms with Crippen molar-refractivity contribution in [3.05, 3.63) is 58.4 Å². The second kappa shape index (κ2) is 9.23. The zero-order valence-corrected chi connectivity index (χ0v) is 16.3. The fourth-order valence-corrected chi connectivity index (χ4v) is 3.30. The van der Waals surface area contributed by atoms with Gasteiger partial charge in [0, 0.05) is 25.0 Å². The minimum absolute atomic E-state index is 0.0867. The zero-order chi connectivity index (χ0) is 19.9. The number of pyridine rings is 1. The standard InChI is InChI=1S/C19H20N4O4S/c1-26-15-7-13-14(8-16(15)27-2)22-17(23-19(13)25)10-28-11-18(24)21-9-12-3-5-20-6-4-12/h3-8H,9-11H2,1-2H3,(H,21,24)(H,22,23,25). The monoisotopic (exact) mass is 400 g/mol. The van der Waals surface area contributed by atoms with Crippen LogP contribution in [-0.2, 0) is 17.1 Å². The molecule has 0 atom stereocenters. The third-order valence-corrected chi connectivity index (χ3v) is 4.91. The number of rotatable bonds is 8. The molecule has 9 heteroatoms. The highest BCUT2D eigenvalue weighted by Crippen LogP contribution is 2.30. The maximum absolute atomic E-state index is 12.3. The molecule has 0 bridgehead atoms. The predicted octanol–water partition coefficient (Wildman–Crippen LogP) is 1.88. The molecule has 0 saturated carbocycles. The molecule has 0 saturated heterocycles. The van der Waals surface area contributed by atoms with Gasteiger partial charge in [-0.2, -0.15) is 0 Å². The summed E-state index contributed by atoms with van der Waals surface area (Å²) in [6.07, 6.45) is 3.37. The van der Waals surface area contributed by atoms with Crippen LogP contribution in [-0.4, -0.2) is 40.8 Å². The van der Waals surface area contributed by atoms with Gasteiger partial charge in [-0.05, 0) is 23.8 Å². The Labute approximate surface area is 165 Å². The molecule has 0 aliphatic heterocycles. The first-order chi connectivity index (χ1) is 13.6. The van der Waals surface area contributed by atoms with E-state index in [-0.39, 0.29) is 17.2 Å². The van der Waals surface area contributed by atoms with E-state index in [1.807, 2.05) is 12.1 Å². The Morgan fingerprint density at radius 1 is 1.18 bits per heavy atom. The van der Waals surface area contributed by atoms with Crippen molar-refractivity contribution < 1.29 is 14.3 Å². The van der Waals surface area contributed by atoms with Gasteiger partial charge in [0.2, 0.25) is 5.91 Å². The Kier molecular flexibility index (Phi) is 6.49. The van der Waals surface area contributed by atoms with E-state index in [0.29, 0.717) is 40.5 Å². The van der Waals surface area contributed by atoms with Gasteiger partial charge >= 0.3 is 0 Å². The van der Waals surface area contributed by atoms with Crippen molar-refractivity contribution in [3.63, 3.8) is 0 Å². The third kappa shape index (κ3) is 4.80. The average Bonchev–Trinajstić information content (AvgIpc) is 2.72. The van der Waals surface area contributed by atoms with E-state index in [1.54, 1.807) is 24.5 Å². The zero-order valence-electron chi connectivity index (χ0n) is 15.5. The molecule has 0 aliphatic carbocycles. The van der Waals surface area contributed by atoms with Crippen molar-refractivity contribution in [1.82, 2.24) is 20.3 Å². The molecule has 0 aliphatic rings. The topological polar surface area (TPSA) is 106 Å². The molecule has 146 valence electrons. The van der Waals surface area contributed by atoms with Crippen LogP contribution in [0.1, 0.15) is 11.4 Å². The highest BCUT2D eigenvalue weighted by Gasteiger charge is 2.11. The van der Waals surface area contributed by atoms with Crippen molar-refractivity contribution >= 4 is 28.6 Å². The molecular formula is C19H20N4O4S. The van der Waals surface area contributed by atoms with Crippen LogP contribution in [0, 0.1) is 0 Å². The van der Waals surface area contributed by atoms with E-state index < -0.39 is 0 Å². The summed E-state index contributed by atoms with van der Waals surface area (Å²) in [5.41, 5.74) is 1.24. The molecular weight excluding hydrogens is 380 g/mol. The molecule has 28 heavy (non-hydrogen) atoms. The van der Waals surface area contributed by atoms with Crippen molar-refractivity contribution in [2.45, 2.75) is 12.3 Å². The quantitative estimate of drug-likeness (QED) is 0.595. The van der Waals surface area contributed by atoms with Crippen molar-refractivity contribution in [2.75, 3.05) is 20.0 Å². The van der Waals surface area contributed by atoms with Crippen LogP contribution in [0.25, 0.3) is 10.9 Å². The predicted molar refractivity (Wildman–Crippen MR) is 108 cm³/mol. The molecule has 0 unspecified atom stereocenters. The first-order valence-electron chi connectivity index (χ1n) is 8.49. The molecule has 3 rings (SSSR count). The van der Waals surface area contributed by atoms with Crippen LogP contribution in [0.3, 0.4) is 0 Å². The number of carbonyl (C=O) groups is 1. The molecule has 8 nitrogen and oxygen atoms in total. The highest BCUT2D eigenvalue weighted by molar-refractivity contribution is 7.99. The SMILES string of the molecule is COc1cc2nc(CSCC(=O)NCc3ccncc3)[nH]c(=O)c2cc1OC. The lowest BCUT2D eigenvalue weighted by Gasteiger charge is -2.09. The number of amides is 1. The molecule has 1 aromatic carbocycles. The van der Waals surface area contributed by atoms with Gasteiger partial charge in [0.15, 0.2) is 11.5 Å². The van der Waals surface area contributed by atoms with E-state index in [4.69, 9.17) is 9.47 Å². The van der Waals surface area contributed by atoms with E-state index >= 15 is 0 Å². The van der Waals surface area contributed by atoms with Crippen LogP contribution in [0.4, 0.5) is 0 Å². The summed E-state index contributed by atoms with van der Waals surface area (Å²) in [5, 5.41) is 3.26. The van der Waals surface area contributed by atoms with Crippen molar-refractivity contribution in [3.8, 4) is 11.5 Å². The van der Waals surface area contributed by atoms with Gasteiger partial charge < -0.3 is 19.8 Å². The summed E-state index contributed by atoms with van der Waals surface area (Å²) in [6.45, 7) is 0.453. The number of aromatic amines is 1. The van der Waals surface area contributed by atoms with Gasteiger partial charge in [0.25, 0.3) is 5.56 Å². The number of methoxy groups -OCH3 is 2. The number of hydrogen-bond acceptors (Lipinski definition) is 7. The number of nitrogens with zero attached hydrogens (tertiary/aromatic N) is 2. The second-order valence-corrected chi connectivity index (χ2v) is 6.85. The molecule has 2 aromatic heterocycles. The Morgan fingerprint density at radius 3 is 2.61 bits per heavy atom. The lowest BCUT2D eigenvalue weighted by atomic mass is 10.2. The summed E-state index contributed by atoms with van der Waals surface area (Å²) in [7, 11) is 3.04. The molecule has 2 heterocycles. The Balaban J connectivity index is 1.61. The third-order valence-electron chi connectivity index (χ3n) is 3.97. The maximum atomic E-state index is 12.3. The first kappa shape index (κ1) is 19.7. The number of fused-ring (bicyclic) bond motifs is 1. The van der Waals surface area contributed by atoms with E-state index in [2.05, 4.69) is 20.3 Å². The highest BCUT2D eigenvalue weighted by atomic mass is 32.2. The summed E-state index contributed by atoms with van der Waals surface area (Å²) in [6, 6.07) is 6.96. The lowest BCUT2D eigenvalue weighted by molar-refractivity contribution is -0.118. The van der Waals surface area contributed by atoms with Gasteiger partial charge in [-0.1, -0.05) is 0 Å². The minimum Gasteiger partial charge on any atom is -0.493 e. The van der Waals surface area contributed by atoms with Crippen LogP contribution < -0.4 is 20.3 Å². The Hall–Kier alpha value is -3.07. The fraction of sp³-hybridized carbons (Fsp3) is 0.263. The Bertz CT molecular complexity index is 1020. The molecule has 0 fully saturated rings.